The molecule has 1 aromatic heterocycles. The average Bonchev–Trinajstić information content (AvgIpc) is 3.20. The van der Waals surface area contributed by atoms with Crippen molar-refractivity contribution in [2.45, 2.75) is 52.1 Å². The molecule has 3 heterocycles. The van der Waals surface area contributed by atoms with Crippen LogP contribution in [-0.4, -0.2) is 47.0 Å². The number of nitrogens with two attached hydrogens (primary N) is 1. The van der Waals surface area contributed by atoms with Gasteiger partial charge in [-0.3, -0.25) is 9.69 Å². The lowest BCUT2D eigenvalue weighted by atomic mass is 10.1. The van der Waals surface area contributed by atoms with Gasteiger partial charge in [0.2, 0.25) is 11.9 Å². The lowest BCUT2D eigenvalue weighted by Gasteiger charge is -2.24. The quantitative estimate of drug-likeness (QED) is 0.561. The zero-order chi connectivity index (χ0) is 21.6. The molecule has 1 fully saturated rings. The van der Waals surface area contributed by atoms with Gasteiger partial charge in [-0.05, 0) is 43.5 Å². The summed E-state index contributed by atoms with van der Waals surface area (Å²) in [5.41, 5.74) is 9.25. The van der Waals surface area contributed by atoms with Crippen LogP contribution in [0.15, 0.2) is 24.3 Å². The summed E-state index contributed by atoms with van der Waals surface area (Å²) in [6.07, 6.45) is 5.10. The SMILES string of the molecule is CCCCNc1nc(N)c2c(n1)N(Cc1cccc(CN3CCCC3)c1)CCC(=O)N2. The van der Waals surface area contributed by atoms with E-state index in [4.69, 9.17) is 10.7 Å². The molecule has 0 spiro atoms. The molecule has 0 bridgehead atoms. The molecule has 31 heavy (non-hydrogen) atoms. The number of unbranched alkanes of at least 4 members (excludes halogenated alkanes) is 1. The van der Waals surface area contributed by atoms with Gasteiger partial charge in [0.15, 0.2) is 11.6 Å². The Morgan fingerprint density at radius 1 is 1.13 bits per heavy atom. The van der Waals surface area contributed by atoms with Crippen molar-refractivity contribution >= 4 is 29.2 Å². The van der Waals surface area contributed by atoms with Gasteiger partial charge in [0.05, 0.1) is 0 Å². The summed E-state index contributed by atoms with van der Waals surface area (Å²) in [6, 6.07) is 8.72. The van der Waals surface area contributed by atoms with Crippen LogP contribution in [0.5, 0.6) is 0 Å². The molecule has 2 aliphatic heterocycles. The number of carbonyl (C=O) groups is 1. The number of benzene rings is 1. The number of nitrogens with one attached hydrogen (secondary N) is 2. The number of carbonyl (C=O) groups excluding carboxylic acids is 1. The maximum Gasteiger partial charge on any atom is 0.226 e. The van der Waals surface area contributed by atoms with E-state index >= 15 is 0 Å². The minimum Gasteiger partial charge on any atom is -0.382 e. The van der Waals surface area contributed by atoms with Gasteiger partial charge in [-0.2, -0.15) is 9.97 Å². The molecule has 1 amide bonds. The summed E-state index contributed by atoms with van der Waals surface area (Å²) in [5.74, 6) is 1.43. The highest BCUT2D eigenvalue weighted by molar-refractivity contribution is 5.98. The highest BCUT2D eigenvalue weighted by Crippen LogP contribution is 2.33. The third-order valence-corrected chi connectivity index (χ3v) is 5.87. The molecule has 8 nitrogen and oxygen atoms in total. The molecule has 1 aromatic carbocycles. The molecule has 2 aliphatic rings. The summed E-state index contributed by atoms with van der Waals surface area (Å²) >= 11 is 0. The lowest BCUT2D eigenvalue weighted by molar-refractivity contribution is -0.115. The number of amides is 1. The number of nitrogens with zero attached hydrogens (tertiary/aromatic N) is 4. The van der Waals surface area contributed by atoms with Gasteiger partial charge in [-0.25, -0.2) is 0 Å². The number of likely N-dealkylation sites (tertiary alicyclic amines) is 1. The zero-order valence-electron chi connectivity index (χ0n) is 18.4. The largest absolute Gasteiger partial charge is 0.382 e. The van der Waals surface area contributed by atoms with Crippen LogP contribution >= 0.6 is 0 Å². The van der Waals surface area contributed by atoms with Gasteiger partial charge in [0.1, 0.15) is 5.69 Å². The van der Waals surface area contributed by atoms with Gasteiger partial charge in [0.25, 0.3) is 0 Å². The lowest BCUT2D eigenvalue weighted by Crippen LogP contribution is -2.25. The summed E-state index contributed by atoms with van der Waals surface area (Å²) in [7, 11) is 0. The molecule has 2 aromatic rings. The van der Waals surface area contributed by atoms with Crippen LogP contribution in [0.4, 0.5) is 23.3 Å². The van der Waals surface area contributed by atoms with Crippen molar-refractivity contribution in [3.63, 3.8) is 0 Å². The Hall–Kier alpha value is -2.87. The molecule has 8 heteroatoms. The zero-order valence-corrected chi connectivity index (χ0v) is 18.4. The smallest absolute Gasteiger partial charge is 0.226 e. The van der Waals surface area contributed by atoms with Crippen LogP contribution < -0.4 is 21.3 Å². The highest BCUT2D eigenvalue weighted by atomic mass is 16.1. The van der Waals surface area contributed by atoms with Crippen LogP contribution in [0.25, 0.3) is 0 Å². The second kappa shape index (κ2) is 9.96. The molecule has 0 saturated carbocycles. The maximum absolute atomic E-state index is 12.3. The van der Waals surface area contributed by atoms with Crippen molar-refractivity contribution in [3.05, 3.63) is 35.4 Å². The van der Waals surface area contributed by atoms with Gasteiger partial charge < -0.3 is 21.3 Å². The predicted molar refractivity (Wildman–Crippen MR) is 125 cm³/mol. The molecular formula is C23H33N7O. The van der Waals surface area contributed by atoms with Crippen LogP contribution in [0.1, 0.15) is 50.2 Å². The summed E-state index contributed by atoms with van der Waals surface area (Å²) < 4.78 is 0. The van der Waals surface area contributed by atoms with Crippen LogP contribution in [-0.2, 0) is 17.9 Å². The first-order chi connectivity index (χ1) is 15.1. The van der Waals surface area contributed by atoms with E-state index in [9.17, 15) is 4.79 Å². The Balaban J connectivity index is 1.56. The number of fused-ring (bicyclic) bond motifs is 1. The Bertz CT molecular complexity index is 911. The van der Waals surface area contributed by atoms with Gasteiger partial charge in [-0.1, -0.05) is 37.6 Å². The van der Waals surface area contributed by atoms with Gasteiger partial charge in [0, 0.05) is 32.6 Å². The summed E-state index contributed by atoms with van der Waals surface area (Å²) in [6.45, 7) is 7.54. The molecule has 1 saturated heterocycles. The van der Waals surface area contributed by atoms with Crippen LogP contribution in [0.2, 0.25) is 0 Å². The third-order valence-electron chi connectivity index (χ3n) is 5.87. The molecule has 4 rings (SSSR count). The van der Waals surface area contributed by atoms with Crippen molar-refractivity contribution in [2.75, 3.05) is 47.4 Å². The first-order valence-corrected chi connectivity index (χ1v) is 11.4. The van der Waals surface area contributed by atoms with E-state index in [1.165, 1.54) is 37.1 Å². The highest BCUT2D eigenvalue weighted by Gasteiger charge is 2.24. The van der Waals surface area contributed by atoms with Crippen molar-refractivity contribution in [2.24, 2.45) is 0 Å². The van der Waals surface area contributed by atoms with E-state index in [1.807, 2.05) is 0 Å². The van der Waals surface area contributed by atoms with E-state index in [0.29, 0.717) is 42.8 Å². The van der Waals surface area contributed by atoms with Crippen molar-refractivity contribution in [3.8, 4) is 0 Å². The van der Waals surface area contributed by atoms with E-state index in [0.717, 1.165) is 25.9 Å². The second-order valence-electron chi connectivity index (χ2n) is 8.43. The monoisotopic (exact) mass is 423 g/mol. The van der Waals surface area contributed by atoms with Crippen LogP contribution in [0, 0.1) is 0 Å². The van der Waals surface area contributed by atoms with Crippen molar-refractivity contribution in [1.29, 1.82) is 0 Å². The number of nitrogen functional groups attached to an aromatic ring is 1. The summed E-state index contributed by atoms with van der Waals surface area (Å²) in [4.78, 5) is 26.0. The van der Waals surface area contributed by atoms with Crippen molar-refractivity contribution < 1.29 is 4.79 Å². The molecule has 4 N–H and O–H groups in total. The molecule has 0 radical (unpaired) electrons. The third kappa shape index (κ3) is 5.44. The van der Waals surface area contributed by atoms with E-state index in [2.05, 4.69) is 56.6 Å². The maximum atomic E-state index is 12.3. The standard InChI is InChI=1S/C23H33N7O/c1-2-3-10-25-23-27-21(24)20-22(28-23)30(13-9-19(31)26-20)16-18-8-6-7-17(14-18)15-29-11-4-5-12-29/h6-8,14H,2-5,9-13,15-16H2,1H3,(H,26,31)(H3,24,25,27,28). The molecule has 166 valence electrons. The first-order valence-electron chi connectivity index (χ1n) is 11.4. The Kier molecular flexibility index (Phi) is 6.86. The van der Waals surface area contributed by atoms with Gasteiger partial charge >= 0.3 is 0 Å². The Labute approximate surface area is 184 Å². The van der Waals surface area contributed by atoms with E-state index < -0.39 is 0 Å². The van der Waals surface area contributed by atoms with Gasteiger partial charge in [-0.15, -0.1) is 0 Å². The minimum absolute atomic E-state index is 0.0615. The topological polar surface area (TPSA) is 99.4 Å². The normalized spacial score (nSPS) is 16.7. The molecular weight excluding hydrogens is 390 g/mol. The number of aromatic nitrogens is 2. The van der Waals surface area contributed by atoms with Crippen LogP contribution in [0.3, 0.4) is 0 Å². The Morgan fingerprint density at radius 2 is 1.90 bits per heavy atom. The first kappa shape index (κ1) is 21.4. The molecule has 0 aliphatic carbocycles. The second-order valence-corrected chi connectivity index (χ2v) is 8.43. The Morgan fingerprint density at radius 3 is 2.68 bits per heavy atom. The number of hydrogen-bond donors (Lipinski definition) is 3. The van der Waals surface area contributed by atoms with Crippen molar-refractivity contribution in [1.82, 2.24) is 14.9 Å². The predicted octanol–water partition coefficient (Wildman–Crippen LogP) is 3.22. The minimum atomic E-state index is -0.0615. The molecule has 0 atom stereocenters. The van der Waals surface area contributed by atoms with E-state index in [1.54, 1.807) is 0 Å². The molecule has 0 unspecified atom stereocenters. The number of rotatable bonds is 8. The fraction of sp³-hybridized carbons (Fsp3) is 0.522. The van der Waals surface area contributed by atoms with E-state index in [-0.39, 0.29) is 5.91 Å². The fourth-order valence-corrected chi connectivity index (χ4v) is 4.21. The number of hydrogen-bond acceptors (Lipinski definition) is 7. The average molecular weight is 424 g/mol. The fourth-order valence-electron chi connectivity index (χ4n) is 4.21. The summed E-state index contributed by atoms with van der Waals surface area (Å²) in [5, 5.41) is 6.15. The number of anilines is 4.